The van der Waals surface area contributed by atoms with Crippen LogP contribution in [0.15, 0.2) is 54.6 Å². The van der Waals surface area contributed by atoms with Crippen molar-refractivity contribution in [3.05, 3.63) is 60.2 Å². The van der Waals surface area contributed by atoms with Gasteiger partial charge in [-0.25, -0.2) is 0 Å². The van der Waals surface area contributed by atoms with Gasteiger partial charge in [0.15, 0.2) is 6.61 Å². The molecule has 0 aliphatic carbocycles. The molecule has 0 saturated carbocycles. The fourth-order valence-electron chi connectivity index (χ4n) is 2.99. The van der Waals surface area contributed by atoms with Gasteiger partial charge in [-0.15, -0.1) is 0 Å². The zero-order valence-electron chi connectivity index (χ0n) is 17.8. The quantitative estimate of drug-likeness (QED) is 0.638. The molecule has 0 aliphatic rings. The van der Waals surface area contributed by atoms with E-state index in [1.165, 1.54) is 0 Å². The Morgan fingerprint density at radius 3 is 2.00 bits per heavy atom. The Labute approximate surface area is 177 Å². The van der Waals surface area contributed by atoms with E-state index >= 15 is 0 Å². The van der Waals surface area contributed by atoms with E-state index in [-0.39, 0.29) is 31.1 Å². The van der Waals surface area contributed by atoms with E-state index in [1.54, 1.807) is 29.2 Å². The van der Waals surface area contributed by atoms with Crippen molar-refractivity contribution in [3.8, 4) is 11.5 Å². The standard InChI is InChI=1S/C23H28N2O5/c1-16(2)25(17(3)4)21(26)15-29-22(27)14-24-23(28)18-10-12-20(13-11-18)30-19-8-6-5-7-9-19/h5-13,16-17H,14-15H2,1-4H3,(H,24,28). The van der Waals surface area contributed by atoms with Gasteiger partial charge in [0.25, 0.3) is 11.8 Å². The molecule has 0 radical (unpaired) electrons. The van der Waals surface area contributed by atoms with Gasteiger partial charge in [0.05, 0.1) is 0 Å². The minimum Gasteiger partial charge on any atom is -0.457 e. The molecule has 1 N–H and O–H groups in total. The van der Waals surface area contributed by atoms with Crippen molar-refractivity contribution in [2.75, 3.05) is 13.2 Å². The molecule has 7 nitrogen and oxygen atoms in total. The van der Waals surface area contributed by atoms with E-state index in [9.17, 15) is 14.4 Å². The van der Waals surface area contributed by atoms with E-state index in [4.69, 9.17) is 9.47 Å². The Balaban J connectivity index is 1.79. The second-order valence-corrected chi connectivity index (χ2v) is 7.27. The summed E-state index contributed by atoms with van der Waals surface area (Å²) in [6.07, 6.45) is 0. The highest BCUT2D eigenvalue weighted by Gasteiger charge is 2.21. The van der Waals surface area contributed by atoms with Crippen molar-refractivity contribution in [2.24, 2.45) is 0 Å². The summed E-state index contributed by atoms with van der Waals surface area (Å²) in [6, 6.07) is 15.9. The Hall–Kier alpha value is -3.35. The van der Waals surface area contributed by atoms with E-state index in [1.807, 2.05) is 58.0 Å². The van der Waals surface area contributed by atoms with Crippen LogP contribution in [0.25, 0.3) is 0 Å². The highest BCUT2D eigenvalue weighted by molar-refractivity contribution is 5.96. The molecule has 0 unspecified atom stereocenters. The lowest BCUT2D eigenvalue weighted by Gasteiger charge is -2.30. The largest absolute Gasteiger partial charge is 0.457 e. The van der Waals surface area contributed by atoms with Crippen molar-refractivity contribution < 1.29 is 23.9 Å². The Morgan fingerprint density at radius 2 is 1.43 bits per heavy atom. The summed E-state index contributed by atoms with van der Waals surface area (Å²) >= 11 is 0. The lowest BCUT2D eigenvalue weighted by Crippen LogP contribution is -2.44. The predicted molar refractivity (Wildman–Crippen MR) is 113 cm³/mol. The number of hydrogen-bond donors (Lipinski definition) is 1. The first-order valence-electron chi connectivity index (χ1n) is 9.86. The number of amides is 2. The van der Waals surface area contributed by atoms with Gasteiger partial charge in [-0.3, -0.25) is 14.4 Å². The molecule has 0 saturated heterocycles. The van der Waals surface area contributed by atoms with E-state index in [2.05, 4.69) is 5.32 Å². The number of nitrogens with one attached hydrogen (secondary N) is 1. The SMILES string of the molecule is CC(C)N(C(=O)COC(=O)CNC(=O)c1ccc(Oc2ccccc2)cc1)C(C)C. The second kappa shape index (κ2) is 11.0. The van der Waals surface area contributed by atoms with Gasteiger partial charge in [0.2, 0.25) is 0 Å². The average Bonchev–Trinajstić information content (AvgIpc) is 2.71. The normalized spacial score (nSPS) is 10.6. The lowest BCUT2D eigenvalue weighted by atomic mass is 10.2. The molecule has 0 spiro atoms. The first-order chi connectivity index (χ1) is 14.3. The molecule has 2 rings (SSSR count). The van der Waals surface area contributed by atoms with Crippen LogP contribution in [0.3, 0.4) is 0 Å². The van der Waals surface area contributed by atoms with Gasteiger partial charge >= 0.3 is 5.97 Å². The van der Waals surface area contributed by atoms with Crippen molar-refractivity contribution in [1.82, 2.24) is 10.2 Å². The zero-order valence-corrected chi connectivity index (χ0v) is 17.8. The summed E-state index contributed by atoms with van der Waals surface area (Å²) in [7, 11) is 0. The topological polar surface area (TPSA) is 84.9 Å². The number of ether oxygens (including phenoxy) is 2. The van der Waals surface area contributed by atoms with Crippen molar-refractivity contribution in [2.45, 2.75) is 39.8 Å². The third-order valence-corrected chi connectivity index (χ3v) is 4.25. The van der Waals surface area contributed by atoms with Crippen LogP contribution in [0.2, 0.25) is 0 Å². The third kappa shape index (κ3) is 6.92. The van der Waals surface area contributed by atoms with E-state index in [0.717, 1.165) is 0 Å². The number of nitrogens with zero attached hydrogens (tertiary/aromatic N) is 1. The highest BCUT2D eigenvalue weighted by atomic mass is 16.5. The van der Waals surface area contributed by atoms with Crippen LogP contribution in [0.5, 0.6) is 11.5 Å². The van der Waals surface area contributed by atoms with Gasteiger partial charge in [0.1, 0.15) is 18.0 Å². The Kier molecular flexibility index (Phi) is 8.41. The van der Waals surface area contributed by atoms with Crippen molar-refractivity contribution in [3.63, 3.8) is 0 Å². The minimum absolute atomic E-state index is 0.00440. The van der Waals surface area contributed by atoms with Crippen LogP contribution in [0.4, 0.5) is 0 Å². The van der Waals surface area contributed by atoms with Crippen molar-refractivity contribution >= 4 is 17.8 Å². The smallest absolute Gasteiger partial charge is 0.325 e. The number of benzene rings is 2. The van der Waals surface area contributed by atoms with Crippen LogP contribution < -0.4 is 10.1 Å². The van der Waals surface area contributed by atoms with Gasteiger partial charge in [0, 0.05) is 17.6 Å². The molecule has 7 heteroatoms. The van der Waals surface area contributed by atoms with Gasteiger partial charge in [-0.1, -0.05) is 18.2 Å². The molecular weight excluding hydrogens is 384 g/mol. The maximum Gasteiger partial charge on any atom is 0.325 e. The predicted octanol–water partition coefficient (Wildman–Crippen LogP) is 3.40. The molecule has 0 aliphatic heterocycles. The van der Waals surface area contributed by atoms with E-state index < -0.39 is 11.9 Å². The average molecular weight is 412 g/mol. The maximum absolute atomic E-state index is 12.2. The number of carbonyl (C=O) groups excluding carboxylic acids is 3. The highest BCUT2D eigenvalue weighted by Crippen LogP contribution is 2.21. The minimum atomic E-state index is -0.673. The van der Waals surface area contributed by atoms with E-state index in [0.29, 0.717) is 17.1 Å². The fraction of sp³-hybridized carbons (Fsp3) is 0.348. The Morgan fingerprint density at radius 1 is 0.867 bits per heavy atom. The second-order valence-electron chi connectivity index (χ2n) is 7.27. The lowest BCUT2D eigenvalue weighted by molar-refractivity contribution is -0.152. The first-order valence-corrected chi connectivity index (χ1v) is 9.86. The molecular formula is C23H28N2O5. The first kappa shape index (κ1) is 22.9. The van der Waals surface area contributed by atoms with Crippen LogP contribution in [-0.2, 0) is 14.3 Å². The monoisotopic (exact) mass is 412 g/mol. The summed E-state index contributed by atoms with van der Waals surface area (Å²) in [5.74, 6) is -0.0755. The molecule has 2 amide bonds. The maximum atomic E-state index is 12.2. The molecule has 0 heterocycles. The van der Waals surface area contributed by atoms with Crippen LogP contribution in [-0.4, -0.2) is 47.9 Å². The van der Waals surface area contributed by atoms with Gasteiger partial charge in [-0.05, 0) is 64.1 Å². The van der Waals surface area contributed by atoms with Crippen LogP contribution in [0, 0.1) is 0 Å². The fourth-order valence-corrected chi connectivity index (χ4v) is 2.99. The summed E-state index contributed by atoms with van der Waals surface area (Å²) in [5, 5.41) is 2.49. The number of carbonyl (C=O) groups is 3. The number of hydrogen-bond acceptors (Lipinski definition) is 5. The third-order valence-electron chi connectivity index (χ3n) is 4.25. The molecule has 30 heavy (non-hydrogen) atoms. The summed E-state index contributed by atoms with van der Waals surface area (Å²) in [5.41, 5.74) is 0.380. The Bertz CT molecular complexity index is 840. The van der Waals surface area contributed by atoms with Gasteiger partial charge < -0.3 is 19.7 Å². The van der Waals surface area contributed by atoms with Gasteiger partial charge in [-0.2, -0.15) is 0 Å². The number of esters is 1. The zero-order chi connectivity index (χ0) is 22.1. The number of rotatable bonds is 9. The number of para-hydroxylation sites is 1. The molecule has 0 aromatic heterocycles. The van der Waals surface area contributed by atoms with Crippen molar-refractivity contribution in [1.29, 1.82) is 0 Å². The molecule has 0 fully saturated rings. The molecule has 0 bridgehead atoms. The molecule has 160 valence electrons. The molecule has 2 aromatic carbocycles. The molecule has 2 aromatic rings. The van der Waals surface area contributed by atoms with Crippen LogP contribution >= 0.6 is 0 Å². The summed E-state index contributed by atoms with van der Waals surface area (Å²) in [4.78, 5) is 37.9. The summed E-state index contributed by atoms with van der Waals surface area (Å²) in [6.45, 7) is 6.92. The summed E-state index contributed by atoms with van der Waals surface area (Å²) < 4.78 is 10.7. The van der Waals surface area contributed by atoms with Crippen LogP contribution in [0.1, 0.15) is 38.1 Å². The molecule has 0 atom stereocenters.